The number of hydrogen-bond acceptors (Lipinski definition) is 2. The van der Waals surface area contributed by atoms with E-state index < -0.39 is 0 Å². The van der Waals surface area contributed by atoms with Crippen molar-refractivity contribution in [1.82, 2.24) is 4.98 Å². The van der Waals surface area contributed by atoms with Crippen LogP contribution in [0.4, 0.5) is 5.69 Å². The van der Waals surface area contributed by atoms with Gasteiger partial charge in [0.2, 0.25) is 0 Å². The Kier molecular flexibility index (Phi) is 3.69. The molecule has 1 heterocycles. The smallest absolute Gasteiger partial charge is 0.151 e. The highest BCUT2D eigenvalue weighted by molar-refractivity contribution is 6.44. The molecule has 6 heteroatoms. The number of halogens is 4. The van der Waals surface area contributed by atoms with Crippen LogP contribution in [0, 0.1) is 0 Å². The molecule has 0 saturated carbocycles. The summed E-state index contributed by atoms with van der Waals surface area (Å²) in [6.45, 7) is 0. The van der Waals surface area contributed by atoms with Crippen molar-refractivity contribution in [2.45, 2.75) is 0 Å². The molecule has 1 aromatic heterocycles. The first-order valence-electron chi connectivity index (χ1n) is 4.55. The van der Waals surface area contributed by atoms with Gasteiger partial charge in [-0.2, -0.15) is 0 Å². The summed E-state index contributed by atoms with van der Waals surface area (Å²) in [5, 5.41) is 1.54. The molecule has 0 amide bonds. The van der Waals surface area contributed by atoms with Gasteiger partial charge in [0.15, 0.2) is 5.15 Å². The van der Waals surface area contributed by atoms with E-state index in [0.717, 1.165) is 5.56 Å². The quantitative estimate of drug-likeness (QED) is 0.598. The lowest BCUT2D eigenvalue weighted by Crippen LogP contribution is -1.91. The van der Waals surface area contributed by atoms with Crippen LogP contribution in [0.3, 0.4) is 0 Å². The molecular formula is C11H6Cl4N2. The Morgan fingerprint density at radius 2 is 1.53 bits per heavy atom. The van der Waals surface area contributed by atoms with Gasteiger partial charge in [0.05, 0.1) is 20.8 Å². The van der Waals surface area contributed by atoms with Crippen LogP contribution >= 0.6 is 46.4 Å². The largest absolute Gasteiger partial charge is 0.396 e. The van der Waals surface area contributed by atoms with E-state index in [0.29, 0.717) is 26.3 Å². The maximum absolute atomic E-state index is 6.08. The van der Waals surface area contributed by atoms with Gasteiger partial charge < -0.3 is 5.73 Å². The summed E-state index contributed by atoms with van der Waals surface area (Å²) in [5.74, 6) is 0. The average molecular weight is 308 g/mol. The van der Waals surface area contributed by atoms with Gasteiger partial charge >= 0.3 is 0 Å². The Balaban J connectivity index is 2.60. The molecular weight excluding hydrogens is 302 g/mol. The number of rotatable bonds is 1. The summed E-state index contributed by atoms with van der Waals surface area (Å²) in [6, 6.07) is 4.92. The predicted molar refractivity (Wildman–Crippen MR) is 74.1 cm³/mol. The van der Waals surface area contributed by atoms with Gasteiger partial charge in [-0.25, -0.2) is 4.98 Å². The zero-order chi connectivity index (χ0) is 12.6. The second kappa shape index (κ2) is 4.91. The Hall–Kier alpha value is -0.670. The zero-order valence-corrected chi connectivity index (χ0v) is 11.4. The van der Waals surface area contributed by atoms with E-state index in [1.165, 1.54) is 0 Å². The summed E-state index contributed by atoms with van der Waals surface area (Å²) in [6.07, 6.45) is 1.57. The second-order valence-corrected chi connectivity index (χ2v) is 4.93. The molecule has 0 saturated heterocycles. The Morgan fingerprint density at radius 3 is 2.18 bits per heavy atom. The SMILES string of the molecule is Nc1cc(-c2cc(Cl)c(Cl)cc2Cl)cnc1Cl. The maximum atomic E-state index is 6.08. The number of nitrogens with two attached hydrogens (primary N) is 1. The third-order valence-corrected chi connectivity index (χ3v) is 3.54. The number of anilines is 1. The van der Waals surface area contributed by atoms with Gasteiger partial charge in [-0.1, -0.05) is 46.4 Å². The van der Waals surface area contributed by atoms with Gasteiger partial charge in [-0.05, 0) is 18.2 Å². The molecule has 0 spiro atoms. The van der Waals surface area contributed by atoms with E-state index in [1.54, 1.807) is 24.4 Å². The Bertz CT molecular complexity index is 584. The van der Waals surface area contributed by atoms with Gasteiger partial charge in [0.1, 0.15) is 0 Å². The third-order valence-electron chi connectivity index (χ3n) is 2.19. The molecule has 88 valence electrons. The third kappa shape index (κ3) is 2.61. The van der Waals surface area contributed by atoms with Crippen molar-refractivity contribution >= 4 is 52.1 Å². The highest BCUT2D eigenvalue weighted by Gasteiger charge is 2.09. The van der Waals surface area contributed by atoms with Gasteiger partial charge in [-0.15, -0.1) is 0 Å². The highest BCUT2D eigenvalue weighted by atomic mass is 35.5. The molecule has 0 aliphatic carbocycles. The summed E-state index contributed by atoms with van der Waals surface area (Å²) in [4.78, 5) is 3.95. The molecule has 2 nitrogen and oxygen atoms in total. The standard InChI is InChI=1S/C11H6Cl4N2/c12-7-3-9(14)8(13)2-6(7)5-1-10(16)11(15)17-4-5/h1-4H,16H2. The average Bonchev–Trinajstić information content (AvgIpc) is 2.27. The lowest BCUT2D eigenvalue weighted by atomic mass is 10.1. The molecule has 2 N–H and O–H groups in total. The number of nitrogens with zero attached hydrogens (tertiary/aromatic N) is 1. The van der Waals surface area contributed by atoms with Crippen LogP contribution in [-0.2, 0) is 0 Å². The van der Waals surface area contributed by atoms with E-state index in [-0.39, 0.29) is 5.15 Å². The molecule has 0 radical (unpaired) electrons. The van der Waals surface area contributed by atoms with E-state index >= 15 is 0 Å². The number of benzene rings is 1. The molecule has 0 atom stereocenters. The molecule has 0 unspecified atom stereocenters. The predicted octanol–water partition coefficient (Wildman–Crippen LogP) is 4.94. The van der Waals surface area contributed by atoms with Crippen molar-refractivity contribution in [2.75, 3.05) is 5.73 Å². The summed E-state index contributed by atoms with van der Waals surface area (Å²) in [5.41, 5.74) is 7.50. The first-order valence-corrected chi connectivity index (χ1v) is 6.06. The molecule has 17 heavy (non-hydrogen) atoms. The molecule has 1 aromatic carbocycles. The Labute approximate surface area is 118 Å². The van der Waals surface area contributed by atoms with Gasteiger partial charge in [-0.3, -0.25) is 0 Å². The number of hydrogen-bond donors (Lipinski definition) is 1. The summed E-state index contributed by atoms with van der Waals surface area (Å²) >= 11 is 23.6. The van der Waals surface area contributed by atoms with Crippen LogP contribution in [0.25, 0.3) is 11.1 Å². The molecule has 0 fully saturated rings. The molecule has 2 aromatic rings. The first-order chi connectivity index (χ1) is 7.99. The first kappa shape index (κ1) is 12.8. The topological polar surface area (TPSA) is 38.9 Å². The fraction of sp³-hybridized carbons (Fsp3) is 0. The van der Waals surface area contributed by atoms with Crippen molar-refractivity contribution in [2.24, 2.45) is 0 Å². The lowest BCUT2D eigenvalue weighted by Gasteiger charge is -2.07. The van der Waals surface area contributed by atoms with Crippen molar-refractivity contribution in [3.8, 4) is 11.1 Å². The second-order valence-electron chi connectivity index (χ2n) is 3.35. The van der Waals surface area contributed by atoms with Crippen LogP contribution < -0.4 is 5.73 Å². The van der Waals surface area contributed by atoms with Gasteiger partial charge in [0.25, 0.3) is 0 Å². The van der Waals surface area contributed by atoms with Crippen LogP contribution in [-0.4, -0.2) is 4.98 Å². The summed E-state index contributed by atoms with van der Waals surface area (Å²) in [7, 11) is 0. The molecule has 0 aliphatic heterocycles. The fourth-order valence-electron chi connectivity index (χ4n) is 1.36. The fourth-order valence-corrected chi connectivity index (χ4v) is 2.12. The van der Waals surface area contributed by atoms with Gasteiger partial charge in [0, 0.05) is 17.3 Å². The normalized spacial score (nSPS) is 10.6. The van der Waals surface area contributed by atoms with Crippen LogP contribution in [0.1, 0.15) is 0 Å². The minimum atomic E-state index is 0.255. The van der Waals surface area contributed by atoms with Crippen molar-refractivity contribution in [3.05, 3.63) is 44.6 Å². The number of nitrogen functional groups attached to an aromatic ring is 1. The monoisotopic (exact) mass is 306 g/mol. The van der Waals surface area contributed by atoms with Crippen molar-refractivity contribution < 1.29 is 0 Å². The molecule has 0 bridgehead atoms. The Morgan fingerprint density at radius 1 is 0.882 bits per heavy atom. The van der Waals surface area contributed by atoms with Crippen molar-refractivity contribution in [3.63, 3.8) is 0 Å². The van der Waals surface area contributed by atoms with Crippen LogP contribution in [0.2, 0.25) is 20.2 Å². The van der Waals surface area contributed by atoms with Crippen LogP contribution in [0.15, 0.2) is 24.4 Å². The van der Waals surface area contributed by atoms with Crippen LogP contribution in [0.5, 0.6) is 0 Å². The summed E-state index contributed by atoms with van der Waals surface area (Å²) < 4.78 is 0. The maximum Gasteiger partial charge on any atom is 0.151 e. The molecule has 2 rings (SSSR count). The zero-order valence-electron chi connectivity index (χ0n) is 8.35. The minimum Gasteiger partial charge on any atom is -0.396 e. The lowest BCUT2D eigenvalue weighted by molar-refractivity contribution is 1.33. The number of pyridine rings is 1. The minimum absolute atomic E-state index is 0.255. The van der Waals surface area contributed by atoms with E-state index in [4.69, 9.17) is 52.1 Å². The van der Waals surface area contributed by atoms with E-state index in [2.05, 4.69) is 4.98 Å². The van der Waals surface area contributed by atoms with E-state index in [9.17, 15) is 0 Å². The van der Waals surface area contributed by atoms with E-state index in [1.807, 2.05) is 0 Å². The van der Waals surface area contributed by atoms with Crippen molar-refractivity contribution in [1.29, 1.82) is 0 Å². The highest BCUT2D eigenvalue weighted by Crippen LogP contribution is 2.36. The number of aromatic nitrogens is 1. The molecule has 0 aliphatic rings.